The minimum Gasteiger partial charge on any atom is -0.306 e. The lowest BCUT2D eigenvalue weighted by Crippen LogP contribution is -2.48. The number of hydrogen-bond acceptors (Lipinski definition) is 3. The van der Waals surface area contributed by atoms with Crippen molar-refractivity contribution in [2.45, 2.75) is 13.3 Å². The van der Waals surface area contributed by atoms with Gasteiger partial charge in [-0.1, -0.05) is 6.92 Å². The Morgan fingerprint density at radius 2 is 1.62 bits per heavy atom. The molecule has 2 rings (SSSR count). The van der Waals surface area contributed by atoms with Crippen molar-refractivity contribution in [2.75, 3.05) is 59.9 Å². The van der Waals surface area contributed by atoms with Gasteiger partial charge in [-0.05, 0) is 32.4 Å². The number of rotatable bonds is 2. The van der Waals surface area contributed by atoms with Crippen LogP contribution in [0.15, 0.2) is 0 Å². The third kappa shape index (κ3) is 3.44. The van der Waals surface area contributed by atoms with E-state index < -0.39 is 0 Å². The fourth-order valence-corrected chi connectivity index (χ4v) is 3.29. The summed E-state index contributed by atoms with van der Waals surface area (Å²) in [5.41, 5.74) is 0. The molecule has 2 aliphatic heterocycles. The number of piperidine rings is 1. The van der Waals surface area contributed by atoms with E-state index in [1.165, 1.54) is 52.2 Å². The van der Waals surface area contributed by atoms with Crippen molar-refractivity contribution in [1.29, 1.82) is 0 Å². The quantitative estimate of drug-likeness (QED) is 0.689. The number of hydrogen-bond donors (Lipinski definition) is 0. The topological polar surface area (TPSA) is 9.72 Å². The Kier molecular flexibility index (Phi) is 4.22. The Hall–Kier alpha value is -0.120. The molecule has 2 heterocycles. The van der Waals surface area contributed by atoms with Crippen LogP contribution in [-0.4, -0.2) is 74.6 Å². The Labute approximate surface area is 100 Å². The molecule has 3 heteroatoms. The second-order valence-electron chi connectivity index (χ2n) is 6.03. The van der Waals surface area contributed by atoms with Gasteiger partial charge in [0.15, 0.2) is 0 Å². The maximum Gasteiger partial charge on any atom is 0.0110 e. The van der Waals surface area contributed by atoms with Gasteiger partial charge in [0.2, 0.25) is 0 Å². The lowest BCUT2D eigenvalue weighted by atomic mass is 9.90. The molecule has 0 radical (unpaired) electrons. The Bertz CT molecular complexity index is 201. The second-order valence-corrected chi connectivity index (χ2v) is 6.03. The maximum atomic E-state index is 2.66. The number of likely N-dealkylation sites (N-methyl/N-ethyl adjacent to an activating group) is 1. The van der Waals surface area contributed by atoms with Gasteiger partial charge in [0, 0.05) is 45.8 Å². The van der Waals surface area contributed by atoms with E-state index in [4.69, 9.17) is 0 Å². The summed E-state index contributed by atoms with van der Waals surface area (Å²) in [6, 6.07) is 0. The van der Waals surface area contributed by atoms with Crippen LogP contribution in [0.2, 0.25) is 0 Å². The molecule has 3 nitrogen and oxygen atoms in total. The number of nitrogens with zero attached hydrogens (tertiary/aromatic N) is 3. The molecule has 0 spiro atoms. The van der Waals surface area contributed by atoms with Crippen molar-refractivity contribution in [1.82, 2.24) is 14.7 Å². The van der Waals surface area contributed by atoms with Gasteiger partial charge in [-0.2, -0.15) is 0 Å². The first-order chi connectivity index (χ1) is 7.63. The molecule has 16 heavy (non-hydrogen) atoms. The van der Waals surface area contributed by atoms with Crippen LogP contribution in [0, 0.1) is 11.8 Å². The van der Waals surface area contributed by atoms with E-state index in [1.54, 1.807) is 0 Å². The highest BCUT2D eigenvalue weighted by atomic mass is 15.2. The van der Waals surface area contributed by atoms with Crippen molar-refractivity contribution in [3.8, 4) is 0 Å². The third-order valence-corrected chi connectivity index (χ3v) is 4.04. The molecule has 0 aromatic rings. The minimum atomic E-state index is 0.885. The summed E-state index contributed by atoms with van der Waals surface area (Å²) in [6.45, 7) is 11.3. The molecule has 2 saturated heterocycles. The standard InChI is InChI=1S/C13H27N3/c1-12-8-13(10-15(3)9-12)11-16-6-4-14(2)5-7-16/h12-13H,4-11H2,1-3H3. The van der Waals surface area contributed by atoms with Crippen LogP contribution in [0.4, 0.5) is 0 Å². The average Bonchev–Trinajstić information content (AvgIpc) is 2.20. The Balaban J connectivity index is 1.76. The number of piperazine rings is 1. The van der Waals surface area contributed by atoms with Gasteiger partial charge in [0.25, 0.3) is 0 Å². The van der Waals surface area contributed by atoms with Crippen molar-refractivity contribution in [3.63, 3.8) is 0 Å². The predicted molar refractivity (Wildman–Crippen MR) is 68.7 cm³/mol. The third-order valence-electron chi connectivity index (χ3n) is 4.04. The fraction of sp³-hybridized carbons (Fsp3) is 1.00. The zero-order valence-corrected chi connectivity index (χ0v) is 11.2. The fourth-order valence-electron chi connectivity index (χ4n) is 3.29. The first-order valence-electron chi connectivity index (χ1n) is 6.73. The predicted octanol–water partition coefficient (Wildman–Crippen LogP) is 0.822. The van der Waals surface area contributed by atoms with Gasteiger partial charge in [0.1, 0.15) is 0 Å². The van der Waals surface area contributed by atoms with Crippen LogP contribution in [-0.2, 0) is 0 Å². The normalized spacial score (nSPS) is 35.4. The largest absolute Gasteiger partial charge is 0.306 e. The maximum absolute atomic E-state index is 2.66. The highest BCUT2D eigenvalue weighted by Gasteiger charge is 2.25. The molecular formula is C13H27N3. The summed E-state index contributed by atoms with van der Waals surface area (Å²) in [6.07, 6.45) is 1.43. The number of likely N-dealkylation sites (tertiary alicyclic amines) is 1. The lowest BCUT2D eigenvalue weighted by Gasteiger charge is -2.39. The molecule has 2 unspecified atom stereocenters. The molecule has 0 aromatic carbocycles. The van der Waals surface area contributed by atoms with E-state index in [-0.39, 0.29) is 0 Å². The van der Waals surface area contributed by atoms with E-state index in [2.05, 4.69) is 35.7 Å². The summed E-state index contributed by atoms with van der Waals surface area (Å²) >= 11 is 0. The molecule has 0 bridgehead atoms. The van der Waals surface area contributed by atoms with Crippen LogP contribution < -0.4 is 0 Å². The lowest BCUT2D eigenvalue weighted by molar-refractivity contribution is 0.0915. The Morgan fingerprint density at radius 3 is 2.25 bits per heavy atom. The zero-order valence-electron chi connectivity index (χ0n) is 11.2. The molecular weight excluding hydrogens is 198 g/mol. The first-order valence-corrected chi connectivity index (χ1v) is 6.73. The average molecular weight is 225 g/mol. The molecule has 2 aliphatic rings. The van der Waals surface area contributed by atoms with Crippen LogP contribution in [0.3, 0.4) is 0 Å². The van der Waals surface area contributed by atoms with E-state index in [9.17, 15) is 0 Å². The van der Waals surface area contributed by atoms with Gasteiger partial charge < -0.3 is 14.7 Å². The minimum absolute atomic E-state index is 0.885. The van der Waals surface area contributed by atoms with Crippen molar-refractivity contribution >= 4 is 0 Å². The van der Waals surface area contributed by atoms with Crippen molar-refractivity contribution < 1.29 is 0 Å². The molecule has 0 N–H and O–H groups in total. The molecule has 94 valence electrons. The smallest absolute Gasteiger partial charge is 0.0110 e. The Morgan fingerprint density at radius 1 is 0.938 bits per heavy atom. The summed E-state index contributed by atoms with van der Waals surface area (Å²) in [7, 11) is 4.50. The van der Waals surface area contributed by atoms with E-state index >= 15 is 0 Å². The highest BCUT2D eigenvalue weighted by Crippen LogP contribution is 2.21. The van der Waals surface area contributed by atoms with Gasteiger partial charge in [0.05, 0.1) is 0 Å². The summed E-state index contributed by atoms with van der Waals surface area (Å²) < 4.78 is 0. The summed E-state index contributed by atoms with van der Waals surface area (Å²) in [5.74, 6) is 1.79. The molecule has 2 fully saturated rings. The van der Waals surface area contributed by atoms with Crippen LogP contribution in [0.25, 0.3) is 0 Å². The van der Waals surface area contributed by atoms with Crippen molar-refractivity contribution in [3.05, 3.63) is 0 Å². The summed E-state index contributed by atoms with van der Waals surface area (Å²) in [5, 5.41) is 0. The van der Waals surface area contributed by atoms with Crippen molar-refractivity contribution in [2.24, 2.45) is 11.8 Å². The van der Waals surface area contributed by atoms with Gasteiger partial charge in [-0.15, -0.1) is 0 Å². The van der Waals surface area contributed by atoms with Gasteiger partial charge in [-0.25, -0.2) is 0 Å². The zero-order chi connectivity index (χ0) is 11.5. The van der Waals surface area contributed by atoms with E-state index in [0.717, 1.165) is 11.8 Å². The summed E-state index contributed by atoms with van der Waals surface area (Å²) in [4.78, 5) is 7.61. The van der Waals surface area contributed by atoms with E-state index in [0.29, 0.717) is 0 Å². The SMILES string of the molecule is CC1CC(CN2CCN(C)CC2)CN(C)C1. The first kappa shape index (κ1) is 12.3. The van der Waals surface area contributed by atoms with Crippen LogP contribution in [0.5, 0.6) is 0 Å². The van der Waals surface area contributed by atoms with E-state index in [1.807, 2.05) is 0 Å². The van der Waals surface area contributed by atoms with Gasteiger partial charge in [-0.3, -0.25) is 0 Å². The highest BCUT2D eigenvalue weighted by molar-refractivity contribution is 4.79. The molecule has 0 aromatic heterocycles. The molecule has 2 atom stereocenters. The molecule has 0 amide bonds. The van der Waals surface area contributed by atoms with Crippen LogP contribution >= 0.6 is 0 Å². The monoisotopic (exact) mass is 225 g/mol. The molecule has 0 saturated carbocycles. The second kappa shape index (κ2) is 5.48. The van der Waals surface area contributed by atoms with Gasteiger partial charge >= 0.3 is 0 Å². The molecule has 0 aliphatic carbocycles. The van der Waals surface area contributed by atoms with Crippen LogP contribution in [0.1, 0.15) is 13.3 Å².